The summed E-state index contributed by atoms with van der Waals surface area (Å²) in [6.45, 7) is 6.00. The van der Waals surface area contributed by atoms with E-state index in [9.17, 15) is 30.7 Å². The number of rotatable bonds is 5. The van der Waals surface area contributed by atoms with Crippen molar-refractivity contribution in [2.24, 2.45) is 11.3 Å². The Morgan fingerprint density at radius 1 is 1.10 bits per heavy atom. The number of carboxylic acids is 2. The van der Waals surface area contributed by atoms with Crippen LogP contribution in [0.2, 0.25) is 0 Å². The fourth-order valence-corrected chi connectivity index (χ4v) is 3.70. The minimum atomic E-state index is -5.08. The molecule has 17 heteroatoms. The highest BCUT2D eigenvalue weighted by Gasteiger charge is 2.51. The number of aliphatic carboxylic acids is 2. The molecule has 0 aromatic carbocycles. The molecule has 0 saturated carbocycles. The summed E-state index contributed by atoms with van der Waals surface area (Å²) in [5.41, 5.74) is 1.85. The summed E-state index contributed by atoms with van der Waals surface area (Å²) >= 11 is 0. The van der Waals surface area contributed by atoms with Gasteiger partial charge in [-0.25, -0.2) is 23.9 Å². The van der Waals surface area contributed by atoms with Gasteiger partial charge in [0.15, 0.2) is 5.82 Å². The molecule has 0 aliphatic carbocycles. The van der Waals surface area contributed by atoms with Crippen molar-refractivity contribution >= 4 is 17.9 Å². The zero-order valence-electron chi connectivity index (χ0n) is 20.2. The van der Waals surface area contributed by atoms with E-state index in [2.05, 4.69) is 19.9 Å². The fraction of sp³-hybridized carbons (Fsp3) is 0.500. The molecule has 0 unspecified atom stereocenters. The number of hydrogen-bond acceptors (Lipinski definition) is 8. The molecule has 0 radical (unpaired) electrons. The summed E-state index contributed by atoms with van der Waals surface area (Å²) < 4.78 is 88.2. The van der Waals surface area contributed by atoms with Gasteiger partial charge in [0.25, 0.3) is 0 Å². The lowest BCUT2D eigenvalue weighted by atomic mass is 9.82. The number of nitrogens with zero attached hydrogens (tertiary/aromatic N) is 4. The van der Waals surface area contributed by atoms with Crippen LogP contribution in [0.15, 0.2) is 30.6 Å². The zero-order chi connectivity index (χ0) is 29.4. The molecule has 2 atom stereocenters. The van der Waals surface area contributed by atoms with Gasteiger partial charge in [0.1, 0.15) is 0 Å². The van der Waals surface area contributed by atoms with Crippen LogP contribution in [0.3, 0.4) is 0 Å². The Hall–Kier alpha value is -3.60. The molecule has 10 nitrogen and oxygen atoms in total. The predicted molar refractivity (Wildman–Crippen MR) is 117 cm³/mol. The molecular formula is C22H23F7N4O6. The number of halogens is 7. The second kappa shape index (κ2) is 13.0. The number of hydrogen-bond donors (Lipinski definition) is 2. The molecule has 2 aliphatic heterocycles. The second-order valence-electron chi connectivity index (χ2n) is 8.53. The van der Waals surface area contributed by atoms with Gasteiger partial charge in [-0.05, 0) is 19.1 Å². The van der Waals surface area contributed by atoms with Gasteiger partial charge >= 0.3 is 24.3 Å². The first kappa shape index (κ1) is 31.6. The van der Waals surface area contributed by atoms with Gasteiger partial charge in [0.05, 0.1) is 44.5 Å². The average molecular weight is 572 g/mol. The van der Waals surface area contributed by atoms with Crippen molar-refractivity contribution in [1.82, 2.24) is 15.0 Å². The summed E-state index contributed by atoms with van der Waals surface area (Å²) in [4.78, 5) is 32.6. The van der Waals surface area contributed by atoms with E-state index in [4.69, 9.17) is 29.3 Å². The zero-order valence-corrected chi connectivity index (χ0v) is 20.2. The van der Waals surface area contributed by atoms with Gasteiger partial charge in [-0.2, -0.15) is 26.3 Å². The molecule has 0 spiro atoms. The van der Waals surface area contributed by atoms with E-state index in [0.29, 0.717) is 38.3 Å². The Labute approximate surface area is 216 Å². The monoisotopic (exact) mass is 572 g/mol. The number of carbonyl (C=O) groups is 2. The van der Waals surface area contributed by atoms with E-state index >= 15 is 0 Å². The number of aryl methyl sites for hydroxylation is 1. The third-order valence-corrected chi connectivity index (χ3v) is 5.48. The second-order valence-corrected chi connectivity index (χ2v) is 8.53. The van der Waals surface area contributed by atoms with Crippen LogP contribution < -0.4 is 4.90 Å². The third kappa shape index (κ3) is 9.58. The standard InChI is InChI=1S/C18H21FN4O2.2C2HF3O2/c1-13-3-2-4-16(22-13)9-25-12-18-10-23(7-14(18)8-24-11-18)17-20-5-15(19)6-21-17;2*3-2(4,5)1(6)7/h2-6,14H,7-12H2,1H3;2*(H,6,7)/t14-,18+;;/m1../s1. The summed E-state index contributed by atoms with van der Waals surface area (Å²) in [6, 6.07) is 5.94. The average Bonchev–Trinajstić information content (AvgIpc) is 3.36. The Morgan fingerprint density at radius 3 is 2.18 bits per heavy atom. The van der Waals surface area contributed by atoms with Crippen molar-refractivity contribution in [2.75, 3.05) is 37.8 Å². The number of carboxylic acid groups (broad SMARTS) is 2. The maximum absolute atomic E-state index is 13.0. The number of anilines is 1. The number of fused-ring (bicyclic) bond motifs is 1. The van der Waals surface area contributed by atoms with Crippen LogP contribution in [0.25, 0.3) is 0 Å². The molecule has 0 bridgehead atoms. The smallest absolute Gasteiger partial charge is 0.475 e. The summed E-state index contributed by atoms with van der Waals surface area (Å²) in [6.07, 6.45) is -7.75. The highest BCUT2D eigenvalue weighted by atomic mass is 19.4. The minimum Gasteiger partial charge on any atom is -0.475 e. The van der Waals surface area contributed by atoms with Crippen LogP contribution in [0, 0.1) is 24.1 Å². The minimum absolute atomic E-state index is 0.0679. The number of ether oxygens (including phenoxy) is 2. The molecule has 4 rings (SSSR count). The molecule has 2 saturated heterocycles. The molecule has 2 fully saturated rings. The lowest BCUT2D eigenvalue weighted by Crippen LogP contribution is -2.36. The van der Waals surface area contributed by atoms with Gasteiger partial charge in [-0.3, -0.25) is 4.98 Å². The van der Waals surface area contributed by atoms with Crippen molar-refractivity contribution in [3.05, 3.63) is 47.8 Å². The van der Waals surface area contributed by atoms with Crippen molar-refractivity contribution in [3.63, 3.8) is 0 Å². The molecule has 216 valence electrons. The van der Waals surface area contributed by atoms with Crippen LogP contribution in [0.5, 0.6) is 0 Å². The molecule has 2 aliphatic rings. The number of pyridine rings is 1. The van der Waals surface area contributed by atoms with Crippen molar-refractivity contribution in [2.45, 2.75) is 25.9 Å². The molecular weight excluding hydrogens is 549 g/mol. The van der Waals surface area contributed by atoms with Gasteiger partial charge in [-0.1, -0.05) is 6.07 Å². The third-order valence-electron chi connectivity index (χ3n) is 5.48. The first-order valence-corrected chi connectivity index (χ1v) is 10.9. The molecule has 0 amide bonds. The summed E-state index contributed by atoms with van der Waals surface area (Å²) in [7, 11) is 0. The lowest BCUT2D eigenvalue weighted by molar-refractivity contribution is -0.193. The molecule has 39 heavy (non-hydrogen) atoms. The Balaban J connectivity index is 0.000000317. The van der Waals surface area contributed by atoms with E-state index in [-0.39, 0.29) is 5.41 Å². The van der Waals surface area contributed by atoms with Crippen LogP contribution in [0.4, 0.5) is 36.7 Å². The SMILES string of the molecule is Cc1cccc(COC[C@]23COC[C@H]2CN(c2ncc(F)cn2)C3)n1.O=C(O)C(F)(F)F.O=C(O)C(F)(F)F. The summed E-state index contributed by atoms with van der Waals surface area (Å²) in [5, 5.41) is 14.2. The number of aromatic nitrogens is 3. The van der Waals surface area contributed by atoms with Crippen molar-refractivity contribution < 1.29 is 60.0 Å². The number of alkyl halides is 6. The maximum atomic E-state index is 13.0. The highest BCUT2D eigenvalue weighted by Crippen LogP contribution is 2.42. The normalized spacial score (nSPS) is 20.3. The predicted octanol–water partition coefficient (Wildman–Crippen LogP) is 3.26. The van der Waals surface area contributed by atoms with E-state index < -0.39 is 30.1 Å². The Bertz CT molecular complexity index is 1090. The van der Waals surface area contributed by atoms with E-state index in [1.165, 1.54) is 12.4 Å². The van der Waals surface area contributed by atoms with Crippen LogP contribution in [-0.2, 0) is 25.7 Å². The van der Waals surface area contributed by atoms with E-state index in [1.54, 1.807) is 0 Å². The maximum Gasteiger partial charge on any atom is 0.490 e. The van der Waals surface area contributed by atoms with E-state index in [0.717, 1.165) is 24.5 Å². The van der Waals surface area contributed by atoms with Gasteiger partial charge in [0, 0.05) is 30.1 Å². The van der Waals surface area contributed by atoms with Crippen molar-refractivity contribution in [3.8, 4) is 0 Å². The van der Waals surface area contributed by atoms with Gasteiger partial charge < -0.3 is 24.6 Å². The molecule has 4 heterocycles. The largest absolute Gasteiger partial charge is 0.490 e. The van der Waals surface area contributed by atoms with Crippen molar-refractivity contribution in [1.29, 1.82) is 0 Å². The summed E-state index contributed by atoms with van der Waals surface area (Å²) in [5.74, 6) is -5.00. The Kier molecular flexibility index (Phi) is 10.5. The molecule has 2 aromatic rings. The molecule has 2 aromatic heterocycles. The van der Waals surface area contributed by atoms with Crippen LogP contribution in [0.1, 0.15) is 11.4 Å². The van der Waals surface area contributed by atoms with Crippen LogP contribution in [-0.4, -0.2) is 82.4 Å². The van der Waals surface area contributed by atoms with Gasteiger partial charge in [-0.15, -0.1) is 0 Å². The highest BCUT2D eigenvalue weighted by molar-refractivity contribution is 5.73. The molecule has 2 N–H and O–H groups in total. The Morgan fingerprint density at radius 2 is 1.67 bits per heavy atom. The van der Waals surface area contributed by atoms with Gasteiger partial charge in [0.2, 0.25) is 5.95 Å². The van der Waals surface area contributed by atoms with E-state index in [1.807, 2.05) is 25.1 Å². The van der Waals surface area contributed by atoms with Crippen LogP contribution >= 0.6 is 0 Å². The first-order valence-electron chi connectivity index (χ1n) is 10.9. The lowest BCUT2D eigenvalue weighted by Gasteiger charge is -2.26. The quantitative estimate of drug-likeness (QED) is 0.514. The fourth-order valence-electron chi connectivity index (χ4n) is 3.70. The first-order chi connectivity index (χ1) is 18.0. The topological polar surface area (TPSA) is 135 Å².